The minimum absolute atomic E-state index is 0.386. The van der Waals surface area contributed by atoms with Gasteiger partial charge in [-0.2, -0.15) is 0 Å². The summed E-state index contributed by atoms with van der Waals surface area (Å²) in [4.78, 5) is 4.56. The Labute approximate surface area is 113 Å². The van der Waals surface area contributed by atoms with E-state index in [1.807, 2.05) is 0 Å². The van der Waals surface area contributed by atoms with Crippen LogP contribution in [0.2, 0.25) is 5.15 Å². The van der Waals surface area contributed by atoms with E-state index in [2.05, 4.69) is 43.1 Å². The molecule has 1 heterocycles. The number of ether oxygens (including phenoxy) is 1. The Bertz CT molecular complexity index is 551. The van der Waals surface area contributed by atoms with Crippen LogP contribution in [0.15, 0.2) is 24.3 Å². The van der Waals surface area contributed by atoms with Crippen LogP contribution in [-0.2, 0) is 11.2 Å². The average Bonchev–Trinajstić information content (AvgIpc) is 2.35. The first-order valence-electron chi connectivity index (χ1n) is 6.20. The van der Waals surface area contributed by atoms with Crippen molar-refractivity contribution in [3.8, 4) is 0 Å². The van der Waals surface area contributed by atoms with Crippen molar-refractivity contribution in [1.29, 1.82) is 0 Å². The van der Waals surface area contributed by atoms with E-state index in [4.69, 9.17) is 16.3 Å². The van der Waals surface area contributed by atoms with E-state index < -0.39 is 0 Å². The number of pyridine rings is 1. The molecule has 1 aromatic carbocycles. The third kappa shape index (κ3) is 2.65. The van der Waals surface area contributed by atoms with E-state index in [9.17, 15) is 0 Å². The molecule has 0 fully saturated rings. The lowest BCUT2D eigenvalue weighted by Crippen LogP contribution is -1.99. The smallest absolute Gasteiger partial charge is 0.133 e. The fourth-order valence-electron chi connectivity index (χ4n) is 2.07. The number of halogens is 1. The predicted molar refractivity (Wildman–Crippen MR) is 76.4 cm³/mol. The first-order valence-corrected chi connectivity index (χ1v) is 6.58. The van der Waals surface area contributed by atoms with Crippen LogP contribution in [0.1, 0.15) is 30.9 Å². The second kappa shape index (κ2) is 5.68. The third-order valence-corrected chi connectivity index (χ3v) is 3.41. The maximum absolute atomic E-state index is 6.26. The Morgan fingerprint density at radius 2 is 2.11 bits per heavy atom. The van der Waals surface area contributed by atoms with E-state index in [-0.39, 0.29) is 0 Å². The Balaban J connectivity index is 2.53. The highest BCUT2D eigenvalue weighted by Gasteiger charge is 2.10. The highest BCUT2D eigenvalue weighted by Crippen LogP contribution is 2.28. The van der Waals surface area contributed by atoms with Crippen LogP contribution in [0.25, 0.3) is 10.9 Å². The predicted octanol–water partition coefficient (Wildman–Crippen LogP) is 4.20. The van der Waals surface area contributed by atoms with Crippen molar-refractivity contribution in [3.63, 3.8) is 0 Å². The van der Waals surface area contributed by atoms with Crippen molar-refractivity contribution < 1.29 is 4.74 Å². The monoisotopic (exact) mass is 263 g/mol. The van der Waals surface area contributed by atoms with E-state index in [0.717, 1.165) is 22.9 Å². The van der Waals surface area contributed by atoms with Crippen molar-refractivity contribution in [3.05, 3.63) is 40.5 Å². The maximum Gasteiger partial charge on any atom is 0.133 e. The van der Waals surface area contributed by atoms with Crippen LogP contribution >= 0.6 is 11.6 Å². The highest BCUT2D eigenvalue weighted by molar-refractivity contribution is 6.30. The van der Waals surface area contributed by atoms with Crippen molar-refractivity contribution in [2.24, 2.45) is 0 Å². The lowest BCUT2D eigenvalue weighted by Gasteiger charge is -2.11. The molecule has 18 heavy (non-hydrogen) atoms. The van der Waals surface area contributed by atoms with Crippen LogP contribution in [0.5, 0.6) is 0 Å². The summed E-state index contributed by atoms with van der Waals surface area (Å²) in [7, 11) is 1.71. The molecule has 0 saturated heterocycles. The van der Waals surface area contributed by atoms with Gasteiger partial charge in [0.05, 0.1) is 12.1 Å². The quantitative estimate of drug-likeness (QED) is 0.772. The molecular formula is C15H18ClNO. The summed E-state index contributed by atoms with van der Waals surface area (Å²) in [5.74, 6) is 0.386. The highest BCUT2D eigenvalue weighted by atomic mass is 35.5. The number of aromatic nitrogens is 1. The Morgan fingerprint density at radius 1 is 1.33 bits per heavy atom. The molecule has 0 atom stereocenters. The fourth-order valence-corrected chi connectivity index (χ4v) is 2.43. The molecule has 3 heteroatoms. The third-order valence-electron chi connectivity index (χ3n) is 3.11. The molecule has 2 aromatic rings. The molecule has 0 radical (unpaired) electrons. The maximum atomic E-state index is 6.26. The van der Waals surface area contributed by atoms with Gasteiger partial charge in [-0.25, -0.2) is 4.98 Å². The fraction of sp³-hybridized carbons (Fsp3) is 0.400. The van der Waals surface area contributed by atoms with Gasteiger partial charge >= 0.3 is 0 Å². The summed E-state index contributed by atoms with van der Waals surface area (Å²) < 4.78 is 5.13. The minimum Gasteiger partial charge on any atom is -0.384 e. The Morgan fingerprint density at radius 3 is 2.78 bits per heavy atom. The van der Waals surface area contributed by atoms with Gasteiger partial charge in [0.15, 0.2) is 0 Å². The largest absolute Gasteiger partial charge is 0.384 e. The van der Waals surface area contributed by atoms with Gasteiger partial charge in [0.25, 0.3) is 0 Å². The molecular weight excluding hydrogens is 246 g/mol. The van der Waals surface area contributed by atoms with Gasteiger partial charge in [0, 0.05) is 12.5 Å². The van der Waals surface area contributed by atoms with Crippen molar-refractivity contribution in [1.82, 2.24) is 4.98 Å². The van der Waals surface area contributed by atoms with Gasteiger partial charge in [0.2, 0.25) is 0 Å². The SMILES string of the molecule is COCCc1cccc2cc(C(C)C)c(Cl)nc12. The van der Waals surface area contributed by atoms with Gasteiger partial charge in [0.1, 0.15) is 5.15 Å². The number of methoxy groups -OCH3 is 1. The molecule has 0 aliphatic heterocycles. The van der Waals surface area contributed by atoms with Crippen LogP contribution < -0.4 is 0 Å². The molecule has 0 N–H and O–H groups in total. The molecule has 0 bridgehead atoms. The van der Waals surface area contributed by atoms with Crippen LogP contribution in [0.4, 0.5) is 0 Å². The average molecular weight is 264 g/mol. The Kier molecular flexibility index (Phi) is 4.20. The minimum atomic E-state index is 0.386. The normalized spacial score (nSPS) is 11.4. The van der Waals surface area contributed by atoms with E-state index in [1.165, 1.54) is 5.56 Å². The summed E-state index contributed by atoms with van der Waals surface area (Å²) in [6.07, 6.45) is 0.859. The molecule has 96 valence electrons. The summed E-state index contributed by atoms with van der Waals surface area (Å²) in [6, 6.07) is 8.37. The van der Waals surface area contributed by atoms with Crippen LogP contribution in [0, 0.1) is 0 Å². The zero-order chi connectivity index (χ0) is 13.1. The molecule has 0 aliphatic rings. The lowest BCUT2D eigenvalue weighted by molar-refractivity contribution is 0.202. The standard InChI is InChI=1S/C15H18ClNO/c1-10(2)13-9-12-6-4-5-11(7-8-18-3)14(12)17-15(13)16/h4-6,9-10H,7-8H2,1-3H3. The molecule has 2 rings (SSSR count). The van der Waals surface area contributed by atoms with Crippen molar-refractivity contribution in [2.75, 3.05) is 13.7 Å². The van der Waals surface area contributed by atoms with Crippen molar-refractivity contribution >= 4 is 22.5 Å². The lowest BCUT2D eigenvalue weighted by atomic mass is 10.0. The van der Waals surface area contributed by atoms with E-state index in [0.29, 0.717) is 17.7 Å². The van der Waals surface area contributed by atoms with Gasteiger partial charge in [-0.3, -0.25) is 0 Å². The first-order chi connectivity index (χ1) is 8.63. The first kappa shape index (κ1) is 13.3. The van der Waals surface area contributed by atoms with E-state index >= 15 is 0 Å². The zero-order valence-electron chi connectivity index (χ0n) is 11.0. The second-order valence-electron chi connectivity index (χ2n) is 4.75. The summed E-state index contributed by atoms with van der Waals surface area (Å²) >= 11 is 6.26. The Hall–Kier alpha value is -1.12. The number of hydrogen-bond acceptors (Lipinski definition) is 2. The van der Waals surface area contributed by atoms with Crippen LogP contribution in [-0.4, -0.2) is 18.7 Å². The van der Waals surface area contributed by atoms with Gasteiger partial charge in [-0.15, -0.1) is 0 Å². The van der Waals surface area contributed by atoms with Gasteiger partial charge in [-0.1, -0.05) is 43.6 Å². The summed E-state index contributed by atoms with van der Waals surface area (Å²) in [5, 5.41) is 1.76. The summed E-state index contributed by atoms with van der Waals surface area (Å²) in [5.41, 5.74) is 3.28. The van der Waals surface area contributed by atoms with Gasteiger partial charge in [-0.05, 0) is 29.5 Å². The number of para-hydroxylation sites is 1. The zero-order valence-corrected chi connectivity index (χ0v) is 11.8. The number of nitrogens with zero attached hydrogens (tertiary/aromatic N) is 1. The molecule has 0 spiro atoms. The number of hydrogen-bond donors (Lipinski definition) is 0. The van der Waals surface area contributed by atoms with E-state index in [1.54, 1.807) is 7.11 Å². The number of benzene rings is 1. The van der Waals surface area contributed by atoms with Crippen molar-refractivity contribution in [2.45, 2.75) is 26.2 Å². The summed E-state index contributed by atoms with van der Waals surface area (Å²) in [6.45, 7) is 4.96. The molecule has 2 nitrogen and oxygen atoms in total. The van der Waals surface area contributed by atoms with Gasteiger partial charge < -0.3 is 4.74 Å². The molecule has 0 aliphatic carbocycles. The topological polar surface area (TPSA) is 22.1 Å². The number of rotatable bonds is 4. The molecule has 0 amide bonds. The number of fused-ring (bicyclic) bond motifs is 1. The van der Waals surface area contributed by atoms with Crippen LogP contribution in [0.3, 0.4) is 0 Å². The molecule has 0 saturated carbocycles. The second-order valence-corrected chi connectivity index (χ2v) is 5.11. The molecule has 1 aromatic heterocycles. The molecule has 0 unspecified atom stereocenters.